The van der Waals surface area contributed by atoms with Crippen molar-refractivity contribution in [3.05, 3.63) is 64.7 Å². The summed E-state index contributed by atoms with van der Waals surface area (Å²) in [5.74, 6) is 1.15. The molecule has 0 aromatic heterocycles. The maximum absolute atomic E-state index is 10.2. The van der Waals surface area contributed by atoms with E-state index in [2.05, 4.69) is 24.1 Å². The van der Waals surface area contributed by atoms with Crippen LogP contribution in [0.25, 0.3) is 0 Å². The normalized spacial score (nSPS) is 21.6. The highest BCUT2D eigenvalue weighted by molar-refractivity contribution is 6.30. The van der Waals surface area contributed by atoms with Crippen LogP contribution in [0.15, 0.2) is 48.5 Å². The van der Waals surface area contributed by atoms with E-state index < -0.39 is 0 Å². The number of hydrogen-bond donors (Lipinski definition) is 1. The maximum Gasteiger partial charge on any atom is 0.120 e. The topological polar surface area (TPSA) is 32.7 Å². The van der Waals surface area contributed by atoms with Crippen molar-refractivity contribution < 1.29 is 9.84 Å². The summed E-state index contributed by atoms with van der Waals surface area (Å²) in [4.78, 5) is 2.29. The Morgan fingerprint density at radius 2 is 1.96 bits per heavy atom. The zero-order chi connectivity index (χ0) is 16.9. The van der Waals surface area contributed by atoms with Gasteiger partial charge in [0.05, 0.1) is 6.10 Å². The predicted octanol–water partition coefficient (Wildman–Crippen LogP) is 3.77. The van der Waals surface area contributed by atoms with Crippen LogP contribution in [0.5, 0.6) is 5.75 Å². The summed E-state index contributed by atoms with van der Waals surface area (Å²) in [6.45, 7) is 2.44. The maximum atomic E-state index is 10.2. The Balaban J connectivity index is 1.60. The molecule has 3 rings (SSSR count). The van der Waals surface area contributed by atoms with E-state index in [1.165, 1.54) is 5.56 Å². The largest absolute Gasteiger partial charge is 0.489 e. The van der Waals surface area contributed by atoms with Gasteiger partial charge in [-0.3, -0.25) is 0 Å². The van der Waals surface area contributed by atoms with Crippen LogP contribution in [0.4, 0.5) is 0 Å². The van der Waals surface area contributed by atoms with Gasteiger partial charge in [0.1, 0.15) is 12.4 Å². The summed E-state index contributed by atoms with van der Waals surface area (Å²) >= 11 is 5.90. The summed E-state index contributed by atoms with van der Waals surface area (Å²) in [5, 5.41) is 11.0. The monoisotopic (exact) mass is 345 g/mol. The van der Waals surface area contributed by atoms with E-state index in [1.54, 1.807) is 0 Å². The summed E-state index contributed by atoms with van der Waals surface area (Å²) < 4.78 is 5.89. The number of piperidine rings is 1. The second-order valence-electron chi connectivity index (χ2n) is 6.65. The van der Waals surface area contributed by atoms with Crippen LogP contribution < -0.4 is 4.74 Å². The van der Waals surface area contributed by atoms with E-state index in [9.17, 15) is 5.11 Å². The van der Waals surface area contributed by atoms with Crippen LogP contribution >= 0.6 is 11.6 Å². The first kappa shape index (κ1) is 17.3. The number of halogens is 1. The van der Waals surface area contributed by atoms with E-state index in [4.69, 9.17) is 16.3 Å². The third-order valence-electron chi connectivity index (χ3n) is 4.61. The number of aliphatic hydroxyl groups excluding tert-OH is 1. The second kappa shape index (κ2) is 8.02. The molecule has 0 bridgehead atoms. The summed E-state index contributed by atoms with van der Waals surface area (Å²) in [7, 11) is 2.12. The fourth-order valence-corrected chi connectivity index (χ4v) is 3.34. The fourth-order valence-electron chi connectivity index (χ4n) is 3.21. The Morgan fingerprint density at radius 3 is 2.75 bits per heavy atom. The van der Waals surface area contributed by atoms with Crippen LogP contribution in [0.3, 0.4) is 0 Å². The number of likely N-dealkylation sites (tertiary alicyclic amines) is 1. The van der Waals surface area contributed by atoms with Gasteiger partial charge in [-0.2, -0.15) is 0 Å². The molecule has 0 saturated carbocycles. The number of ether oxygens (including phenoxy) is 1. The molecule has 2 unspecified atom stereocenters. The summed E-state index contributed by atoms with van der Waals surface area (Å²) in [5.41, 5.74) is 2.30. The molecule has 1 heterocycles. The molecule has 1 aliphatic heterocycles. The Kier molecular flexibility index (Phi) is 5.77. The molecule has 1 N–H and O–H groups in total. The Bertz CT molecular complexity index is 659. The molecule has 1 aliphatic rings. The van der Waals surface area contributed by atoms with Crippen molar-refractivity contribution in [1.29, 1.82) is 0 Å². The van der Waals surface area contributed by atoms with Gasteiger partial charge in [-0.25, -0.2) is 0 Å². The molecule has 1 saturated heterocycles. The van der Waals surface area contributed by atoms with Crippen LogP contribution in [0, 0.1) is 5.92 Å². The van der Waals surface area contributed by atoms with Gasteiger partial charge in [0, 0.05) is 24.0 Å². The molecular weight excluding hydrogens is 322 g/mol. The first-order valence-corrected chi connectivity index (χ1v) is 8.81. The van der Waals surface area contributed by atoms with Crippen LogP contribution in [0.2, 0.25) is 5.02 Å². The number of nitrogens with zero attached hydrogens (tertiary/aromatic N) is 1. The van der Waals surface area contributed by atoms with E-state index >= 15 is 0 Å². The Labute approximate surface area is 148 Å². The smallest absolute Gasteiger partial charge is 0.120 e. The molecular formula is C20H24ClNO2. The zero-order valence-corrected chi connectivity index (χ0v) is 14.7. The van der Waals surface area contributed by atoms with Crippen molar-refractivity contribution in [3.63, 3.8) is 0 Å². The standard InChI is InChI=1S/C20H24ClNO2/c1-22-10-9-20(23)17(13-22)11-16-3-2-4-19(12-16)24-14-15-5-7-18(21)8-6-15/h2-8,12,17,20,23H,9-11,13-14H2,1H3. The molecule has 0 aliphatic carbocycles. The van der Waals surface area contributed by atoms with Gasteiger partial charge in [0.25, 0.3) is 0 Å². The fraction of sp³-hybridized carbons (Fsp3) is 0.400. The van der Waals surface area contributed by atoms with E-state index in [-0.39, 0.29) is 12.0 Å². The van der Waals surface area contributed by atoms with Crippen LogP contribution in [-0.2, 0) is 13.0 Å². The van der Waals surface area contributed by atoms with Crippen molar-refractivity contribution >= 4 is 11.6 Å². The Morgan fingerprint density at radius 1 is 1.17 bits per heavy atom. The number of rotatable bonds is 5. The molecule has 0 amide bonds. The van der Waals surface area contributed by atoms with Crippen molar-refractivity contribution in [1.82, 2.24) is 4.90 Å². The molecule has 4 heteroatoms. The van der Waals surface area contributed by atoms with Crippen molar-refractivity contribution in [2.24, 2.45) is 5.92 Å². The van der Waals surface area contributed by atoms with Gasteiger partial charge in [0.15, 0.2) is 0 Å². The molecule has 2 atom stereocenters. The van der Waals surface area contributed by atoms with Crippen molar-refractivity contribution in [3.8, 4) is 5.75 Å². The van der Waals surface area contributed by atoms with E-state index in [1.807, 2.05) is 36.4 Å². The molecule has 2 aromatic rings. The molecule has 2 aromatic carbocycles. The van der Waals surface area contributed by atoms with Gasteiger partial charge in [-0.05, 0) is 55.3 Å². The minimum absolute atomic E-state index is 0.208. The third-order valence-corrected chi connectivity index (χ3v) is 4.86. The third kappa shape index (κ3) is 4.73. The predicted molar refractivity (Wildman–Crippen MR) is 97.5 cm³/mol. The first-order chi connectivity index (χ1) is 11.6. The first-order valence-electron chi connectivity index (χ1n) is 8.43. The van der Waals surface area contributed by atoms with Crippen molar-refractivity contribution in [2.45, 2.75) is 25.6 Å². The quantitative estimate of drug-likeness (QED) is 0.895. The van der Waals surface area contributed by atoms with E-state index in [0.717, 1.165) is 42.3 Å². The SMILES string of the molecule is CN1CCC(O)C(Cc2cccc(OCc3ccc(Cl)cc3)c2)C1. The lowest BCUT2D eigenvalue weighted by molar-refractivity contribution is 0.0366. The average molecular weight is 346 g/mol. The summed E-state index contributed by atoms with van der Waals surface area (Å²) in [6, 6.07) is 15.9. The van der Waals surface area contributed by atoms with Crippen LogP contribution in [0.1, 0.15) is 17.5 Å². The van der Waals surface area contributed by atoms with Crippen LogP contribution in [-0.4, -0.2) is 36.2 Å². The lowest BCUT2D eigenvalue weighted by atomic mass is 9.89. The molecule has 0 radical (unpaired) electrons. The molecule has 1 fully saturated rings. The lowest BCUT2D eigenvalue weighted by Crippen LogP contribution is -2.41. The molecule has 128 valence electrons. The van der Waals surface area contributed by atoms with Gasteiger partial charge in [0.2, 0.25) is 0 Å². The zero-order valence-electron chi connectivity index (χ0n) is 14.0. The number of benzene rings is 2. The second-order valence-corrected chi connectivity index (χ2v) is 7.08. The lowest BCUT2D eigenvalue weighted by Gasteiger charge is -2.34. The highest BCUT2D eigenvalue weighted by atomic mass is 35.5. The molecule has 3 nitrogen and oxygen atoms in total. The number of aliphatic hydroxyl groups is 1. The average Bonchev–Trinajstić information content (AvgIpc) is 2.58. The van der Waals surface area contributed by atoms with Gasteiger partial charge in [-0.1, -0.05) is 35.9 Å². The highest BCUT2D eigenvalue weighted by Crippen LogP contribution is 2.23. The molecule has 0 spiro atoms. The van der Waals surface area contributed by atoms with Gasteiger partial charge < -0.3 is 14.7 Å². The van der Waals surface area contributed by atoms with Gasteiger partial charge in [-0.15, -0.1) is 0 Å². The summed E-state index contributed by atoms with van der Waals surface area (Å²) in [6.07, 6.45) is 1.53. The van der Waals surface area contributed by atoms with Gasteiger partial charge >= 0.3 is 0 Å². The van der Waals surface area contributed by atoms with E-state index in [0.29, 0.717) is 6.61 Å². The molecule has 24 heavy (non-hydrogen) atoms. The number of hydrogen-bond acceptors (Lipinski definition) is 3. The highest BCUT2D eigenvalue weighted by Gasteiger charge is 2.26. The minimum atomic E-state index is -0.208. The van der Waals surface area contributed by atoms with Crippen molar-refractivity contribution in [2.75, 3.05) is 20.1 Å². The minimum Gasteiger partial charge on any atom is -0.489 e. The Hall–Kier alpha value is -1.55.